The Morgan fingerprint density at radius 2 is 1.96 bits per heavy atom. The van der Waals surface area contributed by atoms with Crippen molar-refractivity contribution in [3.8, 4) is 5.88 Å². The van der Waals surface area contributed by atoms with Gasteiger partial charge in [0.2, 0.25) is 5.88 Å². The first-order valence-corrected chi connectivity index (χ1v) is 8.72. The third kappa shape index (κ3) is 3.11. The summed E-state index contributed by atoms with van der Waals surface area (Å²) >= 11 is 0. The fourth-order valence-corrected chi connectivity index (χ4v) is 3.78. The van der Waals surface area contributed by atoms with Crippen LogP contribution in [0.1, 0.15) is 16.2 Å². The second-order valence-corrected chi connectivity index (χ2v) is 6.88. The normalized spacial score (nSPS) is 24.3. The van der Waals surface area contributed by atoms with E-state index < -0.39 is 6.10 Å². The van der Waals surface area contributed by atoms with Crippen LogP contribution >= 0.6 is 0 Å². The van der Waals surface area contributed by atoms with E-state index in [1.54, 1.807) is 36.0 Å². The minimum atomic E-state index is -0.694. The van der Waals surface area contributed by atoms with E-state index in [4.69, 9.17) is 4.74 Å². The summed E-state index contributed by atoms with van der Waals surface area (Å²) in [6, 6.07) is 6.97. The van der Waals surface area contributed by atoms with Crippen LogP contribution in [0.5, 0.6) is 5.88 Å². The van der Waals surface area contributed by atoms with Crippen molar-refractivity contribution < 1.29 is 18.7 Å². The Kier molecular flexibility index (Phi) is 4.25. The van der Waals surface area contributed by atoms with Gasteiger partial charge in [-0.1, -0.05) is 0 Å². The summed E-state index contributed by atoms with van der Waals surface area (Å²) < 4.78 is 19.0. The van der Waals surface area contributed by atoms with Gasteiger partial charge in [-0.15, -0.1) is 0 Å². The van der Waals surface area contributed by atoms with Crippen LogP contribution in [0.4, 0.5) is 4.39 Å². The van der Waals surface area contributed by atoms with E-state index in [0.717, 1.165) is 0 Å². The van der Waals surface area contributed by atoms with Gasteiger partial charge in [0.25, 0.3) is 11.8 Å². The molecular formula is C19H19FN4O3. The van der Waals surface area contributed by atoms with E-state index in [1.807, 2.05) is 0 Å². The number of aryl methyl sites for hydroxylation is 1. The quantitative estimate of drug-likeness (QED) is 0.814. The lowest BCUT2D eigenvalue weighted by atomic mass is 10.0. The summed E-state index contributed by atoms with van der Waals surface area (Å²) in [5.41, 5.74) is 0.425. The number of likely N-dealkylation sites (tertiary alicyclic amines) is 2. The average molecular weight is 370 g/mol. The van der Waals surface area contributed by atoms with Crippen molar-refractivity contribution in [2.75, 3.05) is 20.1 Å². The molecule has 2 amide bonds. The van der Waals surface area contributed by atoms with Crippen molar-refractivity contribution >= 4 is 11.8 Å². The Hall–Kier alpha value is -3.03. The fourth-order valence-electron chi connectivity index (χ4n) is 3.78. The number of halogens is 1. The van der Waals surface area contributed by atoms with Crippen LogP contribution < -0.4 is 4.74 Å². The van der Waals surface area contributed by atoms with Gasteiger partial charge in [-0.3, -0.25) is 9.59 Å². The Labute approximate surface area is 155 Å². The molecule has 0 radical (unpaired) electrons. The predicted octanol–water partition coefficient (Wildman–Crippen LogP) is 1.28. The lowest BCUT2D eigenvalue weighted by Crippen LogP contribution is -2.40. The molecular weight excluding hydrogens is 351 g/mol. The molecule has 7 nitrogen and oxygen atoms in total. The number of benzene rings is 1. The topological polar surface area (TPSA) is 75.6 Å². The molecule has 2 aliphatic rings. The van der Waals surface area contributed by atoms with Gasteiger partial charge in [-0.05, 0) is 31.2 Å². The number of aromatic nitrogens is 2. The van der Waals surface area contributed by atoms with Gasteiger partial charge in [0.15, 0.2) is 6.10 Å². The summed E-state index contributed by atoms with van der Waals surface area (Å²) in [5.74, 6) is 0.0728. The highest BCUT2D eigenvalue weighted by Crippen LogP contribution is 2.34. The van der Waals surface area contributed by atoms with Crippen molar-refractivity contribution in [2.24, 2.45) is 5.92 Å². The highest BCUT2D eigenvalue weighted by Gasteiger charge is 2.53. The molecule has 4 rings (SSSR count). The maximum absolute atomic E-state index is 13.1. The van der Waals surface area contributed by atoms with E-state index >= 15 is 0 Å². The monoisotopic (exact) mass is 370 g/mol. The molecule has 27 heavy (non-hydrogen) atoms. The zero-order valence-electron chi connectivity index (χ0n) is 15.0. The van der Waals surface area contributed by atoms with Gasteiger partial charge in [-0.2, -0.15) is 4.98 Å². The van der Waals surface area contributed by atoms with Gasteiger partial charge in [-0.25, -0.2) is 9.37 Å². The molecule has 2 fully saturated rings. The van der Waals surface area contributed by atoms with Crippen LogP contribution in [-0.4, -0.2) is 63.9 Å². The lowest BCUT2D eigenvalue weighted by molar-refractivity contribution is -0.134. The third-order valence-corrected chi connectivity index (χ3v) is 5.19. The van der Waals surface area contributed by atoms with Crippen molar-refractivity contribution in [1.82, 2.24) is 19.8 Å². The van der Waals surface area contributed by atoms with E-state index in [9.17, 15) is 14.0 Å². The number of carbonyl (C=O) groups excluding carboxylic acids is 2. The summed E-state index contributed by atoms with van der Waals surface area (Å²) in [5, 5.41) is 0. The predicted molar refractivity (Wildman–Crippen MR) is 93.5 cm³/mol. The smallest absolute Gasteiger partial charge is 0.264 e. The van der Waals surface area contributed by atoms with Crippen molar-refractivity contribution in [2.45, 2.75) is 19.1 Å². The van der Waals surface area contributed by atoms with Crippen molar-refractivity contribution in [3.05, 3.63) is 53.7 Å². The molecule has 3 heterocycles. The second kappa shape index (κ2) is 6.61. The molecule has 3 atom stereocenters. The standard InChI is InChI=1S/C19H19FN4O3/c1-11-21-8-7-16(22-11)27-17-14-9-24(10-15(14)23(2)19(17)26)18(25)12-3-5-13(20)6-4-12/h3-8,14-15,17H,9-10H2,1-2H3/t14-,15+,17-/m0/s1. The van der Waals surface area contributed by atoms with Crippen molar-refractivity contribution in [1.29, 1.82) is 0 Å². The van der Waals surface area contributed by atoms with E-state index in [0.29, 0.717) is 30.4 Å². The van der Waals surface area contributed by atoms with E-state index in [-0.39, 0.29) is 29.6 Å². The van der Waals surface area contributed by atoms with Gasteiger partial charge in [0.05, 0.1) is 6.04 Å². The molecule has 140 valence electrons. The molecule has 0 saturated carbocycles. The van der Waals surface area contributed by atoms with Gasteiger partial charge in [0.1, 0.15) is 11.6 Å². The average Bonchev–Trinajstić information content (AvgIpc) is 3.17. The summed E-state index contributed by atoms with van der Waals surface area (Å²) in [6.07, 6.45) is 0.887. The van der Waals surface area contributed by atoms with Crippen LogP contribution in [0.2, 0.25) is 0 Å². The third-order valence-electron chi connectivity index (χ3n) is 5.19. The number of likely N-dealkylation sites (N-methyl/N-ethyl adjacent to an activating group) is 1. The Bertz CT molecular complexity index is 889. The number of fused-ring (bicyclic) bond motifs is 1. The molecule has 1 aromatic heterocycles. The maximum Gasteiger partial charge on any atom is 0.264 e. The zero-order chi connectivity index (χ0) is 19.1. The Balaban J connectivity index is 1.53. The molecule has 0 aliphatic carbocycles. The SMILES string of the molecule is Cc1nccc(O[C@@H]2C(=O)N(C)[C@@H]3CN(C(=O)c4ccc(F)cc4)C[C@H]23)n1. The van der Waals surface area contributed by atoms with Gasteiger partial charge < -0.3 is 14.5 Å². The van der Waals surface area contributed by atoms with Gasteiger partial charge >= 0.3 is 0 Å². The molecule has 2 saturated heterocycles. The first kappa shape index (κ1) is 17.4. The first-order valence-electron chi connectivity index (χ1n) is 8.72. The lowest BCUT2D eigenvalue weighted by Gasteiger charge is -2.22. The number of rotatable bonds is 3. The Morgan fingerprint density at radius 3 is 2.67 bits per heavy atom. The molecule has 0 unspecified atom stereocenters. The number of amides is 2. The first-order chi connectivity index (χ1) is 12.9. The van der Waals surface area contributed by atoms with Gasteiger partial charge in [0, 0.05) is 43.9 Å². The molecule has 0 spiro atoms. The largest absolute Gasteiger partial charge is 0.464 e. The van der Waals surface area contributed by atoms with Crippen LogP contribution in [0.3, 0.4) is 0 Å². The summed E-state index contributed by atoms with van der Waals surface area (Å²) in [6.45, 7) is 2.56. The number of nitrogens with zero attached hydrogens (tertiary/aromatic N) is 4. The highest BCUT2D eigenvalue weighted by molar-refractivity contribution is 5.95. The van der Waals surface area contributed by atoms with E-state index in [1.165, 1.54) is 24.3 Å². The zero-order valence-corrected chi connectivity index (χ0v) is 15.0. The van der Waals surface area contributed by atoms with Crippen molar-refractivity contribution in [3.63, 3.8) is 0 Å². The van der Waals surface area contributed by atoms with Crippen LogP contribution in [0.25, 0.3) is 0 Å². The number of hydrogen-bond donors (Lipinski definition) is 0. The summed E-state index contributed by atoms with van der Waals surface area (Å²) in [4.78, 5) is 36.9. The number of ether oxygens (including phenoxy) is 1. The Morgan fingerprint density at radius 1 is 1.22 bits per heavy atom. The minimum absolute atomic E-state index is 0.116. The molecule has 2 aromatic rings. The highest BCUT2D eigenvalue weighted by atomic mass is 19.1. The maximum atomic E-state index is 13.1. The molecule has 0 bridgehead atoms. The molecule has 2 aliphatic heterocycles. The van der Waals surface area contributed by atoms with Crippen LogP contribution in [0.15, 0.2) is 36.5 Å². The molecule has 0 N–H and O–H groups in total. The minimum Gasteiger partial charge on any atom is -0.464 e. The number of carbonyl (C=O) groups is 2. The summed E-state index contributed by atoms with van der Waals surface area (Å²) in [7, 11) is 1.72. The van der Waals surface area contributed by atoms with E-state index in [2.05, 4.69) is 9.97 Å². The number of hydrogen-bond acceptors (Lipinski definition) is 5. The molecule has 1 aromatic carbocycles. The second-order valence-electron chi connectivity index (χ2n) is 6.88. The van der Waals surface area contributed by atoms with Crippen LogP contribution in [0, 0.1) is 18.7 Å². The molecule has 8 heteroatoms. The van der Waals surface area contributed by atoms with Crippen LogP contribution in [-0.2, 0) is 4.79 Å². The fraction of sp³-hybridized carbons (Fsp3) is 0.368.